The molecular weight excluding hydrogens is 319 g/mol. The van der Waals surface area contributed by atoms with Crippen LogP contribution in [-0.4, -0.2) is 5.71 Å². The van der Waals surface area contributed by atoms with E-state index in [-0.39, 0.29) is 5.69 Å². The van der Waals surface area contributed by atoms with Gasteiger partial charge in [0.05, 0.1) is 11.3 Å². The number of hydrogen-bond acceptors (Lipinski definition) is 1. The van der Waals surface area contributed by atoms with E-state index in [4.69, 9.17) is 0 Å². The molecule has 0 radical (unpaired) electrons. The lowest BCUT2D eigenvalue weighted by Crippen LogP contribution is -2.07. The van der Waals surface area contributed by atoms with E-state index in [9.17, 15) is 13.2 Å². The number of aliphatic imine (C=N–C) groups is 1. The Bertz CT molecular complexity index is 478. The number of nitrogens with zero attached hydrogens (tertiary/aromatic N) is 1. The first-order valence-corrected chi connectivity index (χ1v) is 6.96. The SMILES string of the molecule is CCCCC(C)=Nc1c(C)cc(Br)cc1C(F)(F)F. The van der Waals surface area contributed by atoms with Crippen molar-refractivity contribution in [3.05, 3.63) is 27.7 Å². The maximum absolute atomic E-state index is 13.0. The van der Waals surface area contributed by atoms with Crippen LogP contribution in [0.15, 0.2) is 21.6 Å². The molecule has 0 spiro atoms. The smallest absolute Gasteiger partial charge is 0.257 e. The number of benzene rings is 1. The van der Waals surface area contributed by atoms with Crippen molar-refractivity contribution < 1.29 is 13.2 Å². The molecule has 0 aliphatic rings. The van der Waals surface area contributed by atoms with Gasteiger partial charge < -0.3 is 0 Å². The van der Waals surface area contributed by atoms with Crippen molar-refractivity contribution in [3.63, 3.8) is 0 Å². The zero-order chi connectivity index (χ0) is 14.6. The maximum atomic E-state index is 13.0. The molecule has 0 N–H and O–H groups in total. The van der Waals surface area contributed by atoms with Crippen LogP contribution in [0.1, 0.15) is 44.2 Å². The molecule has 0 atom stereocenters. The first kappa shape index (κ1) is 16.2. The van der Waals surface area contributed by atoms with Crippen molar-refractivity contribution >= 4 is 27.3 Å². The summed E-state index contributed by atoms with van der Waals surface area (Å²) >= 11 is 3.10. The Morgan fingerprint density at radius 3 is 2.47 bits per heavy atom. The van der Waals surface area contributed by atoms with Gasteiger partial charge in [0.25, 0.3) is 0 Å². The molecule has 5 heteroatoms. The molecule has 106 valence electrons. The van der Waals surface area contributed by atoms with E-state index in [0.717, 1.165) is 31.0 Å². The van der Waals surface area contributed by atoms with Crippen LogP contribution >= 0.6 is 15.9 Å². The average molecular weight is 336 g/mol. The third-order valence-electron chi connectivity index (χ3n) is 2.77. The van der Waals surface area contributed by atoms with Crippen LogP contribution in [0.3, 0.4) is 0 Å². The highest BCUT2D eigenvalue weighted by molar-refractivity contribution is 9.10. The summed E-state index contributed by atoms with van der Waals surface area (Å²) in [6.45, 7) is 5.46. The van der Waals surface area contributed by atoms with E-state index < -0.39 is 11.7 Å². The lowest BCUT2D eigenvalue weighted by molar-refractivity contribution is -0.137. The molecule has 0 aliphatic carbocycles. The molecule has 0 amide bonds. The molecule has 0 saturated heterocycles. The van der Waals surface area contributed by atoms with Gasteiger partial charge in [-0.2, -0.15) is 13.2 Å². The molecule has 0 aliphatic heterocycles. The van der Waals surface area contributed by atoms with Gasteiger partial charge in [-0.1, -0.05) is 29.3 Å². The monoisotopic (exact) mass is 335 g/mol. The molecule has 1 aromatic rings. The number of unbranched alkanes of at least 4 members (excludes halogenated alkanes) is 1. The normalized spacial score (nSPS) is 12.9. The third-order valence-corrected chi connectivity index (χ3v) is 3.22. The molecule has 1 nitrogen and oxygen atoms in total. The van der Waals surface area contributed by atoms with Crippen molar-refractivity contribution in [1.82, 2.24) is 0 Å². The molecule has 1 rings (SSSR count). The highest BCUT2D eigenvalue weighted by Gasteiger charge is 2.34. The Hall–Kier alpha value is -0.840. The first-order chi connectivity index (χ1) is 8.75. The summed E-state index contributed by atoms with van der Waals surface area (Å²) in [5.74, 6) is 0. The lowest BCUT2D eigenvalue weighted by atomic mass is 10.1. The lowest BCUT2D eigenvalue weighted by Gasteiger charge is -2.13. The Morgan fingerprint density at radius 1 is 1.32 bits per heavy atom. The van der Waals surface area contributed by atoms with Crippen LogP contribution in [0.2, 0.25) is 0 Å². The first-order valence-electron chi connectivity index (χ1n) is 6.17. The average Bonchev–Trinajstić information content (AvgIpc) is 2.28. The summed E-state index contributed by atoms with van der Waals surface area (Å²) in [4.78, 5) is 4.18. The molecule has 19 heavy (non-hydrogen) atoms. The minimum Gasteiger partial charge on any atom is -0.257 e. The zero-order valence-corrected chi connectivity index (χ0v) is 12.8. The summed E-state index contributed by atoms with van der Waals surface area (Å²) in [5, 5.41) is 0. The van der Waals surface area contributed by atoms with Gasteiger partial charge in [-0.05, 0) is 44.4 Å². The van der Waals surface area contributed by atoms with Crippen molar-refractivity contribution in [2.24, 2.45) is 4.99 Å². The summed E-state index contributed by atoms with van der Waals surface area (Å²) in [6, 6.07) is 2.74. The van der Waals surface area contributed by atoms with Crippen LogP contribution in [0.25, 0.3) is 0 Å². The van der Waals surface area contributed by atoms with Crippen LogP contribution in [0.4, 0.5) is 18.9 Å². The quantitative estimate of drug-likeness (QED) is 0.593. The topological polar surface area (TPSA) is 12.4 Å². The Kier molecular flexibility index (Phi) is 5.59. The Morgan fingerprint density at radius 2 is 1.95 bits per heavy atom. The zero-order valence-electron chi connectivity index (χ0n) is 11.2. The second-order valence-electron chi connectivity index (χ2n) is 4.57. The summed E-state index contributed by atoms with van der Waals surface area (Å²) < 4.78 is 39.5. The standard InChI is InChI=1S/C14H17BrF3N/c1-4-5-6-10(3)19-13-9(2)7-11(15)8-12(13)14(16,17)18/h7-8H,4-6H2,1-3H3. The number of halogens is 4. The Labute approximate surface area is 120 Å². The molecule has 0 unspecified atom stereocenters. The number of hydrogen-bond donors (Lipinski definition) is 0. The largest absolute Gasteiger partial charge is 0.418 e. The van der Waals surface area contributed by atoms with Crippen molar-refractivity contribution in [3.8, 4) is 0 Å². The van der Waals surface area contributed by atoms with Gasteiger partial charge in [0.1, 0.15) is 0 Å². The minimum absolute atomic E-state index is 0.0318. The molecule has 1 aromatic carbocycles. The van der Waals surface area contributed by atoms with Crippen molar-refractivity contribution in [2.75, 3.05) is 0 Å². The maximum Gasteiger partial charge on any atom is 0.418 e. The fourth-order valence-corrected chi connectivity index (χ4v) is 2.35. The summed E-state index contributed by atoms with van der Waals surface area (Å²) in [6.07, 6.45) is -1.73. The fourth-order valence-electron chi connectivity index (χ4n) is 1.78. The fraction of sp³-hybridized carbons (Fsp3) is 0.500. The van der Waals surface area contributed by atoms with Crippen molar-refractivity contribution in [2.45, 2.75) is 46.2 Å². The molecule has 0 saturated carbocycles. The third kappa shape index (κ3) is 4.64. The van der Waals surface area contributed by atoms with Crippen LogP contribution in [0.5, 0.6) is 0 Å². The van der Waals surface area contributed by atoms with Gasteiger partial charge in [0.2, 0.25) is 0 Å². The van der Waals surface area contributed by atoms with Crippen LogP contribution in [-0.2, 0) is 6.18 Å². The predicted octanol–water partition coefficient (Wildman–Crippen LogP) is 6.06. The van der Waals surface area contributed by atoms with Gasteiger partial charge in [0, 0.05) is 10.2 Å². The van der Waals surface area contributed by atoms with Gasteiger partial charge in [-0.25, -0.2) is 0 Å². The van der Waals surface area contributed by atoms with E-state index in [0.29, 0.717) is 10.0 Å². The summed E-state index contributed by atoms with van der Waals surface area (Å²) in [5.41, 5.74) is 0.606. The highest BCUT2D eigenvalue weighted by atomic mass is 79.9. The molecule has 0 fully saturated rings. The van der Waals surface area contributed by atoms with Gasteiger partial charge in [-0.15, -0.1) is 0 Å². The van der Waals surface area contributed by atoms with E-state index in [1.165, 1.54) is 0 Å². The van der Waals surface area contributed by atoms with Gasteiger partial charge >= 0.3 is 6.18 Å². The molecular formula is C14H17BrF3N. The van der Waals surface area contributed by atoms with Gasteiger partial charge in [-0.3, -0.25) is 4.99 Å². The molecule has 0 bridgehead atoms. The predicted molar refractivity (Wildman–Crippen MR) is 76.2 cm³/mol. The van der Waals surface area contributed by atoms with E-state index in [1.54, 1.807) is 19.9 Å². The molecule has 0 heterocycles. The number of aryl methyl sites for hydroxylation is 1. The van der Waals surface area contributed by atoms with Crippen LogP contribution < -0.4 is 0 Å². The van der Waals surface area contributed by atoms with E-state index >= 15 is 0 Å². The molecule has 0 aromatic heterocycles. The second-order valence-corrected chi connectivity index (χ2v) is 5.48. The Balaban J connectivity index is 3.26. The number of alkyl halides is 3. The second kappa shape index (κ2) is 6.55. The van der Waals surface area contributed by atoms with E-state index in [2.05, 4.69) is 20.9 Å². The van der Waals surface area contributed by atoms with Crippen molar-refractivity contribution in [1.29, 1.82) is 0 Å². The minimum atomic E-state index is -4.39. The van der Waals surface area contributed by atoms with E-state index in [1.807, 2.05) is 6.92 Å². The van der Waals surface area contributed by atoms with Crippen LogP contribution in [0, 0.1) is 6.92 Å². The van der Waals surface area contributed by atoms with Gasteiger partial charge in [0.15, 0.2) is 0 Å². The highest BCUT2D eigenvalue weighted by Crippen LogP contribution is 2.40. The summed E-state index contributed by atoms with van der Waals surface area (Å²) in [7, 11) is 0. The number of rotatable bonds is 4.